The minimum absolute atomic E-state index is 0.115. The van der Waals surface area contributed by atoms with Crippen LogP contribution in [0.5, 0.6) is 0 Å². The average Bonchev–Trinajstić information content (AvgIpc) is 3.17. The zero-order valence-electron chi connectivity index (χ0n) is 12.3. The molecule has 0 amide bonds. The molecule has 0 atom stereocenters. The fourth-order valence-electron chi connectivity index (χ4n) is 3.35. The number of hydrogen-bond acceptors (Lipinski definition) is 5. The number of imidazole rings is 1. The van der Waals surface area contributed by atoms with Crippen LogP contribution in [0.3, 0.4) is 0 Å². The number of tetrazole rings is 1. The van der Waals surface area contributed by atoms with Crippen LogP contribution in [0, 0.1) is 0 Å². The first-order valence-electron chi connectivity index (χ1n) is 7.67. The van der Waals surface area contributed by atoms with Gasteiger partial charge in [-0.2, -0.15) is 4.52 Å². The maximum absolute atomic E-state index is 13.1. The lowest BCUT2D eigenvalue weighted by Crippen LogP contribution is -2.17. The fourth-order valence-corrected chi connectivity index (χ4v) is 4.63. The van der Waals surface area contributed by atoms with Crippen LogP contribution in [-0.2, 0) is 12.8 Å². The summed E-state index contributed by atoms with van der Waals surface area (Å²) in [5, 5.41) is 12.0. The molecular formula is C16H13N5OS. The van der Waals surface area contributed by atoms with Crippen molar-refractivity contribution >= 4 is 27.5 Å². The highest BCUT2D eigenvalue weighted by Crippen LogP contribution is 2.30. The van der Waals surface area contributed by atoms with Crippen molar-refractivity contribution in [2.75, 3.05) is 0 Å². The van der Waals surface area contributed by atoms with E-state index in [2.05, 4.69) is 15.5 Å². The maximum atomic E-state index is 13.1. The van der Waals surface area contributed by atoms with Crippen LogP contribution in [0.15, 0.2) is 35.1 Å². The third-order valence-corrected chi connectivity index (χ3v) is 5.67. The molecule has 0 saturated heterocycles. The van der Waals surface area contributed by atoms with Crippen LogP contribution in [0.25, 0.3) is 21.8 Å². The highest BCUT2D eigenvalue weighted by Gasteiger charge is 2.23. The van der Waals surface area contributed by atoms with Crippen molar-refractivity contribution in [2.24, 2.45) is 0 Å². The van der Waals surface area contributed by atoms with Crippen LogP contribution < -0.4 is 5.43 Å². The smallest absolute Gasteiger partial charge is 0.260 e. The predicted molar refractivity (Wildman–Crippen MR) is 88.4 cm³/mol. The van der Waals surface area contributed by atoms with E-state index in [4.69, 9.17) is 0 Å². The molecule has 0 radical (unpaired) electrons. The molecule has 114 valence electrons. The number of fused-ring (bicyclic) bond motifs is 4. The topological polar surface area (TPSA) is 65.1 Å². The summed E-state index contributed by atoms with van der Waals surface area (Å²) < 4.78 is 3.56. The van der Waals surface area contributed by atoms with Crippen molar-refractivity contribution in [3.05, 3.63) is 51.0 Å². The number of nitrogens with zero attached hydrogens (tertiary/aromatic N) is 5. The molecule has 4 aromatic rings. The normalized spacial score (nSPS) is 14.4. The standard InChI is InChI=1S/C16H13N5OS/c22-14-11-8-4-5-9-12(11)23-15-13(14)20(10-6-2-1-3-7-10)16-17-18-19-21(15)16/h1-3,6-7H,4-5,8-9H2. The van der Waals surface area contributed by atoms with Crippen molar-refractivity contribution in [1.29, 1.82) is 0 Å². The van der Waals surface area contributed by atoms with Gasteiger partial charge >= 0.3 is 0 Å². The monoisotopic (exact) mass is 323 g/mol. The molecule has 0 saturated carbocycles. The van der Waals surface area contributed by atoms with Gasteiger partial charge in [-0.3, -0.25) is 9.36 Å². The van der Waals surface area contributed by atoms with E-state index in [0.29, 0.717) is 11.3 Å². The first-order chi connectivity index (χ1) is 11.3. The second kappa shape index (κ2) is 4.73. The van der Waals surface area contributed by atoms with Gasteiger partial charge in [0.2, 0.25) is 5.43 Å². The summed E-state index contributed by atoms with van der Waals surface area (Å²) in [4.78, 5) is 15.2. The molecule has 7 heteroatoms. The molecule has 1 aliphatic rings. The molecule has 3 aromatic heterocycles. The molecule has 0 N–H and O–H groups in total. The van der Waals surface area contributed by atoms with E-state index in [1.165, 1.54) is 4.88 Å². The van der Waals surface area contributed by atoms with E-state index >= 15 is 0 Å². The molecular weight excluding hydrogens is 310 g/mol. The van der Waals surface area contributed by atoms with Crippen molar-refractivity contribution in [3.63, 3.8) is 0 Å². The summed E-state index contributed by atoms with van der Waals surface area (Å²) >= 11 is 1.65. The van der Waals surface area contributed by atoms with Crippen LogP contribution in [0.2, 0.25) is 0 Å². The molecule has 0 fully saturated rings. The van der Waals surface area contributed by atoms with Gasteiger partial charge in [-0.05, 0) is 48.2 Å². The van der Waals surface area contributed by atoms with Crippen LogP contribution in [-0.4, -0.2) is 24.6 Å². The Bertz CT molecular complexity index is 1090. The van der Waals surface area contributed by atoms with Gasteiger partial charge in [0.25, 0.3) is 5.78 Å². The number of benzene rings is 1. The Morgan fingerprint density at radius 1 is 1.09 bits per heavy atom. The Labute approximate surface area is 135 Å². The van der Waals surface area contributed by atoms with Gasteiger partial charge in [-0.1, -0.05) is 23.3 Å². The molecule has 5 rings (SSSR count). The highest BCUT2D eigenvalue weighted by atomic mass is 32.1. The third kappa shape index (κ3) is 1.74. The number of rotatable bonds is 1. The van der Waals surface area contributed by atoms with Gasteiger partial charge in [0.1, 0.15) is 5.52 Å². The molecule has 1 aromatic carbocycles. The van der Waals surface area contributed by atoms with Gasteiger partial charge in [0.05, 0.1) is 0 Å². The first-order valence-corrected chi connectivity index (χ1v) is 8.49. The lowest BCUT2D eigenvalue weighted by Gasteiger charge is -2.14. The second-order valence-electron chi connectivity index (χ2n) is 5.76. The summed E-state index contributed by atoms with van der Waals surface area (Å²) in [6.07, 6.45) is 4.08. The Morgan fingerprint density at radius 3 is 2.78 bits per heavy atom. The van der Waals surface area contributed by atoms with Crippen LogP contribution in [0.4, 0.5) is 0 Å². The lowest BCUT2D eigenvalue weighted by molar-refractivity contribution is 0.692. The molecule has 0 bridgehead atoms. The zero-order valence-corrected chi connectivity index (χ0v) is 13.1. The van der Waals surface area contributed by atoms with E-state index in [-0.39, 0.29) is 5.43 Å². The number of aromatic nitrogens is 5. The Kier molecular flexibility index (Phi) is 2.66. The molecule has 6 nitrogen and oxygen atoms in total. The van der Waals surface area contributed by atoms with Crippen LogP contribution >= 0.6 is 11.3 Å². The van der Waals surface area contributed by atoms with E-state index < -0.39 is 0 Å². The molecule has 0 unspecified atom stereocenters. The number of aryl methyl sites for hydroxylation is 1. The van der Waals surface area contributed by atoms with Gasteiger partial charge in [0, 0.05) is 16.1 Å². The molecule has 0 spiro atoms. The third-order valence-electron chi connectivity index (χ3n) is 4.41. The minimum Gasteiger partial charge on any atom is -0.287 e. The Balaban J connectivity index is 1.99. The van der Waals surface area contributed by atoms with Crippen molar-refractivity contribution in [2.45, 2.75) is 25.7 Å². The summed E-state index contributed by atoms with van der Waals surface area (Å²) in [7, 11) is 0. The molecule has 0 aliphatic heterocycles. The molecule has 23 heavy (non-hydrogen) atoms. The van der Waals surface area contributed by atoms with Crippen molar-refractivity contribution in [1.82, 2.24) is 24.6 Å². The quantitative estimate of drug-likeness (QED) is 0.539. The van der Waals surface area contributed by atoms with Crippen molar-refractivity contribution < 1.29 is 0 Å². The molecule has 1 aliphatic carbocycles. The van der Waals surface area contributed by atoms with Gasteiger partial charge in [-0.15, -0.1) is 11.3 Å². The lowest BCUT2D eigenvalue weighted by atomic mass is 9.98. The summed E-state index contributed by atoms with van der Waals surface area (Å²) in [6, 6.07) is 9.80. The summed E-state index contributed by atoms with van der Waals surface area (Å²) in [6.45, 7) is 0. The van der Waals surface area contributed by atoms with Gasteiger partial charge in [-0.25, -0.2) is 0 Å². The fraction of sp³-hybridized carbons (Fsp3) is 0.250. The van der Waals surface area contributed by atoms with E-state index in [0.717, 1.165) is 41.8 Å². The van der Waals surface area contributed by atoms with Crippen molar-refractivity contribution in [3.8, 4) is 5.69 Å². The SMILES string of the molecule is O=c1c2c(sc3c1n(-c1ccccc1)c1nnnn31)CCCC2. The minimum atomic E-state index is 0.115. The van der Waals surface area contributed by atoms with E-state index in [1.807, 2.05) is 34.9 Å². The van der Waals surface area contributed by atoms with Crippen LogP contribution in [0.1, 0.15) is 23.3 Å². The highest BCUT2D eigenvalue weighted by molar-refractivity contribution is 7.18. The largest absolute Gasteiger partial charge is 0.287 e. The number of hydrogen-bond donors (Lipinski definition) is 0. The molecule has 3 heterocycles. The maximum Gasteiger partial charge on any atom is 0.260 e. The average molecular weight is 323 g/mol. The number of para-hydroxylation sites is 1. The summed E-state index contributed by atoms with van der Waals surface area (Å²) in [5.41, 5.74) is 2.66. The van der Waals surface area contributed by atoms with Gasteiger partial charge < -0.3 is 0 Å². The zero-order chi connectivity index (χ0) is 15.4. The second-order valence-corrected chi connectivity index (χ2v) is 6.84. The predicted octanol–water partition coefficient (Wildman–Crippen LogP) is 2.37. The summed E-state index contributed by atoms with van der Waals surface area (Å²) in [5.74, 6) is 0.585. The van der Waals surface area contributed by atoms with Gasteiger partial charge in [0.15, 0.2) is 4.83 Å². The van der Waals surface area contributed by atoms with E-state index in [1.54, 1.807) is 15.9 Å². The first kappa shape index (κ1) is 13.0. The Hall–Kier alpha value is -2.54. The Morgan fingerprint density at radius 2 is 1.91 bits per heavy atom. The van der Waals surface area contributed by atoms with E-state index in [9.17, 15) is 4.79 Å².